The van der Waals surface area contributed by atoms with E-state index in [0.717, 1.165) is 12.3 Å². The molecule has 14 heavy (non-hydrogen) atoms. The molecule has 78 valence electrons. The van der Waals surface area contributed by atoms with E-state index in [4.69, 9.17) is 5.73 Å². The van der Waals surface area contributed by atoms with Crippen molar-refractivity contribution < 1.29 is 13.2 Å². The van der Waals surface area contributed by atoms with Gasteiger partial charge in [-0.2, -0.15) is 13.2 Å². The zero-order valence-corrected chi connectivity index (χ0v) is 7.16. The van der Waals surface area contributed by atoms with E-state index in [1.165, 1.54) is 12.1 Å². The van der Waals surface area contributed by atoms with E-state index >= 15 is 0 Å². The molecule has 2 N–H and O–H groups in total. The number of nitrogens with zero attached hydrogens (tertiary/aromatic N) is 1. The second-order valence-corrected chi connectivity index (χ2v) is 2.74. The smallest absolute Gasteiger partial charge is 0.328 e. The van der Waals surface area contributed by atoms with Gasteiger partial charge in [0.05, 0.1) is 0 Å². The summed E-state index contributed by atoms with van der Waals surface area (Å²) in [7, 11) is 0. The van der Waals surface area contributed by atoms with Crippen molar-refractivity contribution in [1.82, 2.24) is 4.57 Å². The van der Waals surface area contributed by atoms with Crippen molar-refractivity contribution in [3.05, 3.63) is 34.7 Å². The summed E-state index contributed by atoms with van der Waals surface area (Å²) in [5.74, 6) is 0. The average molecular weight is 206 g/mol. The van der Waals surface area contributed by atoms with E-state index in [0.29, 0.717) is 4.57 Å². The van der Waals surface area contributed by atoms with Gasteiger partial charge in [-0.15, -0.1) is 0 Å². The van der Waals surface area contributed by atoms with Crippen LogP contribution in [0.25, 0.3) is 0 Å². The Kier molecular flexibility index (Phi) is 2.95. The summed E-state index contributed by atoms with van der Waals surface area (Å²) in [5.41, 5.74) is 4.27. The molecule has 6 heteroatoms. The summed E-state index contributed by atoms with van der Waals surface area (Å²) in [6.45, 7) is -0.645. The maximum absolute atomic E-state index is 12.3. The lowest BCUT2D eigenvalue weighted by molar-refractivity contribution is -0.165. The first kappa shape index (κ1) is 10.8. The third-order valence-electron chi connectivity index (χ3n) is 1.79. The second-order valence-electron chi connectivity index (χ2n) is 2.74. The van der Waals surface area contributed by atoms with Gasteiger partial charge in [-0.25, -0.2) is 0 Å². The SMILES string of the molecule is NCC(n1ccccc1=O)C(F)(F)F. The molecule has 0 amide bonds. The van der Waals surface area contributed by atoms with Crippen LogP contribution in [0.3, 0.4) is 0 Å². The molecule has 0 aromatic carbocycles. The van der Waals surface area contributed by atoms with Gasteiger partial charge in [-0.1, -0.05) is 6.07 Å². The Balaban J connectivity index is 3.14. The highest BCUT2D eigenvalue weighted by Gasteiger charge is 2.40. The summed E-state index contributed by atoms with van der Waals surface area (Å²) >= 11 is 0. The Bertz CT molecular complexity index is 358. The molecular formula is C8H9F3N2O. The average Bonchev–Trinajstić information content (AvgIpc) is 2.07. The standard InChI is InChI=1S/C8H9F3N2O/c9-8(10,11)6(5-12)13-4-2-1-3-7(13)14/h1-4,6H,5,12H2. The van der Waals surface area contributed by atoms with Crippen molar-refractivity contribution in [1.29, 1.82) is 0 Å². The van der Waals surface area contributed by atoms with Gasteiger partial charge in [0.1, 0.15) is 6.04 Å². The number of alkyl halides is 3. The zero-order chi connectivity index (χ0) is 10.8. The molecular weight excluding hydrogens is 197 g/mol. The fourth-order valence-corrected chi connectivity index (χ4v) is 1.10. The topological polar surface area (TPSA) is 48.0 Å². The lowest BCUT2D eigenvalue weighted by Crippen LogP contribution is -2.38. The molecule has 1 atom stereocenters. The Morgan fingerprint density at radius 3 is 2.50 bits per heavy atom. The molecule has 0 saturated heterocycles. The third kappa shape index (κ3) is 2.14. The van der Waals surface area contributed by atoms with Crippen molar-refractivity contribution in [3.63, 3.8) is 0 Å². The molecule has 0 bridgehead atoms. The quantitative estimate of drug-likeness (QED) is 0.781. The van der Waals surface area contributed by atoms with Crippen LogP contribution >= 0.6 is 0 Å². The second kappa shape index (κ2) is 3.83. The van der Waals surface area contributed by atoms with Crippen LogP contribution in [-0.2, 0) is 0 Å². The van der Waals surface area contributed by atoms with E-state index in [2.05, 4.69) is 0 Å². The summed E-state index contributed by atoms with van der Waals surface area (Å²) in [6.07, 6.45) is -3.42. The summed E-state index contributed by atoms with van der Waals surface area (Å²) < 4.78 is 37.6. The van der Waals surface area contributed by atoms with Crippen molar-refractivity contribution >= 4 is 0 Å². The van der Waals surface area contributed by atoms with Crippen molar-refractivity contribution in [2.45, 2.75) is 12.2 Å². The van der Waals surface area contributed by atoms with Gasteiger partial charge in [0.25, 0.3) is 5.56 Å². The van der Waals surface area contributed by atoms with Gasteiger partial charge in [0, 0.05) is 18.8 Å². The van der Waals surface area contributed by atoms with Gasteiger partial charge in [0.15, 0.2) is 0 Å². The molecule has 1 rings (SSSR count). The van der Waals surface area contributed by atoms with E-state index in [1.807, 2.05) is 0 Å². The zero-order valence-electron chi connectivity index (χ0n) is 7.16. The fraction of sp³-hybridized carbons (Fsp3) is 0.375. The monoisotopic (exact) mass is 206 g/mol. The lowest BCUT2D eigenvalue weighted by Gasteiger charge is -2.20. The van der Waals surface area contributed by atoms with Crippen LogP contribution in [0, 0.1) is 0 Å². The molecule has 0 aliphatic heterocycles. The van der Waals surface area contributed by atoms with Crippen LogP contribution in [0.1, 0.15) is 6.04 Å². The molecule has 0 radical (unpaired) electrons. The van der Waals surface area contributed by atoms with Gasteiger partial charge < -0.3 is 10.3 Å². The minimum absolute atomic E-state index is 0.583. The molecule has 1 heterocycles. The summed E-state index contributed by atoms with van der Waals surface area (Å²) in [6, 6.07) is 1.85. The minimum Gasteiger partial charge on any atom is -0.328 e. The first-order valence-corrected chi connectivity index (χ1v) is 3.90. The van der Waals surface area contributed by atoms with Crippen LogP contribution < -0.4 is 11.3 Å². The number of rotatable bonds is 2. The molecule has 1 aromatic rings. The third-order valence-corrected chi connectivity index (χ3v) is 1.79. The number of aromatic nitrogens is 1. The molecule has 0 aliphatic carbocycles. The van der Waals surface area contributed by atoms with Crippen molar-refractivity contribution in [3.8, 4) is 0 Å². The van der Waals surface area contributed by atoms with Crippen LogP contribution in [0.4, 0.5) is 13.2 Å². The Labute approximate surface area is 78.0 Å². The fourth-order valence-electron chi connectivity index (χ4n) is 1.10. The van der Waals surface area contributed by atoms with Gasteiger partial charge in [-0.05, 0) is 6.07 Å². The molecule has 0 fully saturated rings. The molecule has 0 spiro atoms. The predicted molar refractivity (Wildman–Crippen MR) is 44.8 cm³/mol. The van der Waals surface area contributed by atoms with E-state index in [1.54, 1.807) is 0 Å². The summed E-state index contributed by atoms with van der Waals surface area (Å²) in [5, 5.41) is 0. The number of pyridine rings is 1. The lowest BCUT2D eigenvalue weighted by atomic mass is 10.2. The van der Waals surface area contributed by atoms with Crippen LogP contribution in [0.2, 0.25) is 0 Å². The maximum atomic E-state index is 12.3. The normalized spacial score (nSPS) is 14.0. The van der Waals surface area contributed by atoms with E-state index in [-0.39, 0.29) is 0 Å². The Hall–Kier alpha value is -1.30. The van der Waals surface area contributed by atoms with E-state index in [9.17, 15) is 18.0 Å². The first-order chi connectivity index (χ1) is 6.46. The van der Waals surface area contributed by atoms with Crippen LogP contribution in [-0.4, -0.2) is 17.3 Å². The van der Waals surface area contributed by atoms with Crippen molar-refractivity contribution in [2.24, 2.45) is 5.73 Å². The molecule has 3 nitrogen and oxygen atoms in total. The molecule has 0 aliphatic rings. The number of halogens is 3. The van der Waals surface area contributed by atoms with Gasteiger partial charge >= 0.3 is 6.18 Å². The van der Waals surface area contributed by atoms with Crippen LogP contribution in [0.5, 0.6) is 0 Å². The molecule has 1 unspecified atom stereocenters. The largest absolute Gasteiger partial charge is 0.410 e. The molecule has 1 aromatic heterocycles. The summed E-state index contributed by atoms with van der Waals surface area (Å²) in [4.78, 5) is 11.1. The Morgan fingerprint density at radius 2 is 2.07 bits per heavy atom. The first-order valence-electron chi connectivity index (χ1n) is 3.90. The highest BCUT2D eigenvalue weighted by atomic mass is 19.4. The minimum atomic E-state index is -4.50. The predicted octanol–water partition coefficient (Wildman–Crippen LogP) is 0.910. The maximum Gasteiger partial charge on any atom is 0.410 e. The highest BCUT2D eigenvalue weighted by molar-refractivity contribution is 4.96. The van der Waals surface area contributed by atoms with Gasteiger partial charge in [-0.3, -0.25) is 4.79 Å². The van der Waals surface area contributed by atoms with Crippen molar-refractivity contribution in [2.75, 3.05) is 6.54 Å². The Morgan fingerprint density at radius 1 is 1.43 bits per heavy atom. The molecule has 0 saturated carbocycles. The van der Waals surface area contributed by atoms with E-state index < -0.39 is 24.3 Å². The number of nitrogens with two attached hydrogens (primary N) is 1. The van der Waals surface area contributed by atoms with Gasteiger partial charge in [0.2, 0.25) is 0 Å². The van der Waals surface area contributed by atoms with Crippen LogP contribution in [0.15, 0.2) is 29.2 Å². The number of hydrogen-bond donors (Lipinski definition) is 1. The number of hydrogen-bond acceptors (Lipinski definition) is 2. The highest BCUT2D eigenvalue weighted by Crippen LogP contribution is 2.28.